The number of benzene rings is 3. The van der Waals surface area contributed by atoms with Gasteiger partial charge in [-0.05, 0) is 29.8 Å². The van der Waals surface area contributed by atoms with Crippen molar-refractivity contribution in [2.45, 2.75) is 12.5 Å². The van der Waals surface area contributed by atoms with E-state index in [4.69, 9.17) is 0 Å². The molecule has 156 valence electrons. The normalized spacial score (nSPS) is 11.1. The van der Waals surface area contributed by atoms with Crippen molar-refractivity contribution in [1.29, 1.82) is 0 Å². The van der Waals surface area contributed by atoms with Crippen LogP contribution in [-0.2, 0) is 11.2 Å². The molecule has 0 aliphatic heterocycles. The summed E-state index contributed by atoms with van der Waals surface area (Å²) in [6.07, 6.45) is 1.78. The SMILES string of the molecule is O=C(O)C(Cc1ccccc1)Nc1cc(-c2ccc(C#Cc3ccccc3)cc2)ncn1. The molecule has 4 aromatic rings. The van der Waals surface area contributed by atoms with E-state index in [1.807, 2.05) is 84.9 Å². The maximum atomic E-state index is 11.7. The molecule has 3 aromatic carbocycles. The second kappa shape index (κ2) is 10.1. The summed E-state index contributed by atoms with van der Waals surface area (Å²) in [6.45, 7) is 0. The number of rotatable bonds is 6. The molecule has 5 heteroatoms. The molecule has 32 heavy (non-hydrogen) atoms. The quantitative estimate of drug-likeness (QED) is 0.445. The summed E-state index contributed by atoms with van der Waals surface area (Å²) < 4.78 is 0. The Morgan fingerprint density at radius 3 is 2.12 bits per heavy atom. The van der Waals surface area contributed by atoms with E-state index in [0.717, 1.165) is 22.3 Å². The predicted molar refractivity (Wildman–Crippen MR) is 125 cm³/mol. The summed E-state index contributed by atoms with van der Waals surface area (Å²) in [6, 6.07) is 28.1. The maximum absolute atomic E-state index is 11.7. The second-order valence-electron chi connectivity index (χ2n) is 7.21. The van der Waals surface area contributed by atoms with Gasteiger partial charge >= 0.3 is 5.97 Å². The minimum atomic E-state index is -0.935. The third kappa shape index (κ3) is 5.59. The van der Waals surface area contributed by atoms with E-state index >= 15 is 0 Å². The zero-order valence-electron chi connectivity index (χ0n) is 17.3. The number of aromatic nitrogens is 2. The number of nitrogens with zero attached hydrogens (tertiary/aromatic N) is 2. The van der Waals surface area contributed by atoms with Gasteiger partial charge in [-0.15, -0.1) is 0 Å². The fraction of sp³-hybridized carbons (Fsp3) is 0.0741. The maximum Gasteiger partial charge on any atom is 0.326 e. The molecule has 0 saturated carbocycles. The molecule has 1 aromatic heterocycles. The summed E-state index contributed by atoms with van der Waals surface area (Å²) in [7, 11) is 0. The van der Waals surface area contributed by atoms with Crippen LogP contribution < -0.4 is 5.32 Å². The first-order valence-electron chi connectivity index (χ1n) is 10.2. The lowest BCUT2D eigenvalue weighted by molar-refractivity contribution is -0.137. The van der Waals surface area contributed by atoms with Crippen LogP contribution in [0.1, 0.15) is 16.7 Å². The van der Waals surface area contributed by atoms with E-state index in [2.05, 4.69) is 27.1 Å². The monoisotopic (exact) mass is 419 g/mol. The Bertz CT molecular complexity index is 1240. The number of carboxylic acid groups (broad SMARTS) is 1. The molecule has 1 unspecified atom stereocenters. The summed E-state index contributed by atoms with van der Waals surface area (Å²) in [5.74, 6) is 5.82. The van der Waals surface area contributed by atoms with Crippen LogP contribution in [0.5, 0.6) is 0 Å². The number of carboxylic acids is 1. The Morgan fingerprint density at radius 1 is 0.844 bits per heavy atom. The van der Waals surface area contributed by atoms with Gasteiger partial charge in [-0.3, -0.25) is 0 Å². The summed E-state index contributed by atoms with van der Waals surface area (Å²) in [4.78, 5) is 20.3. The third-order valence-electron chi connectivity index (χ3n) is 4.88. The van der Waals surface area contributed by atoms with Gasteiger partial charge in [0.2, 0.25) is 0 Å². The number of nitrogens with one attached hydrogen (secondary N) is 1. The summed E-state index contributed by atoms with van der Waals surface area (Å²) in [5.41, 5.74) is 4.41. The highest BCUT2D eigenvalue weighted by molar-refractivity contribution is 5.77. The average Bonchev–Trinajstić information content (AvgIpc) is 2.84. The standard InChI is InChI=1S/C27H21N3O2/c31-27(32)25(17-22-9-5-2-6-10-22)30-26-18-24(28-19-29-26)23-15-13-21(14-16-23)12-11-20-7-3-1-4-8-20/h1-10,13-16,18-19,25H,17H2,(H,31,32)(H,28,29,30). The van der Waals surface area contributed by atoms with Gasteiger partial charge in [-0.1, -0.05) is 72.5 Å². The highest BCUT2D eigenvalue weighted by Crippen LogP contribution is 2.20. The van der Waals surface area contributed by atoms with E-state index in [9.17, 15) is 9.90 Å². The largest absolute Gasteiger partial charge is 0.480 e. The number of hydrogen-bond acceptors (Lipinski definition) is 4. The fourth-order valence-electron chi connectivity index (χ4n) is 3.21. The predicted octanol–water partition coefficient (Wildman–Crippen LogP) is 4.65. The van der Waals surface area contributed by atoms with Gasteiger partial charge < -0.3 is 10.4 Å². The van der Waals surface area contributed by atoms with Crippen molar-refractivity contribution in [3.05, 3.63) is 114 Å². The molecule has 5 nitrogen and oxygen atoms in total. The van der Waals surface area contributed by atoms with Crippen LogP contribution >= 0.6 is 0 Å². The van der Waals surface area contributed by atoms with Crippen LogP contribution in [0, 0.1) is 11.8 Å². The molecule has 0 saturated heterocycles. The summed E-state index contributed by atoms with van der Waals surface area (Å²) in [5, 5.41) is 12.6. The molecule has 0 aliphatic carbocycles. The first kappa shape index (κ1) is 20.8. The van der Waals surface area contributed by atoms with Crippen molar-refractivity contribution >= 4 is 11.8 Å². The Morgan fingerprint density at radius 2 is 1.47 bits per heavy atom. The van der Waals surface area contributed by atoms with Crippen molar-refractivity contribution in [3.8, 4) is 23.1 Å². The molecule has 1 heterocycles. The van der Waals surface area contributed by atoms with Crippen LogP contribution in [0.4, 0.5) is 5.82 Å². The second-order valence-corrected chi connectivity index (χ2v) is 7.21. The van der Waals surface area contributed by atoms with Crippen LogP contribution in [0.15, 0.2) is 97.3 Å². The van der Waals surface area contributed by atoms with Gasteiger partial charge in [0.1, 0.15) is 18.2 Å². The Balaban J connectivity index is 1.48. The Kier molecular flexibility index (Phi) is 6.54. The molecule has 0 spiro atoms. The lowest BCUT2D eigenvalue weighted by Gasteiger charge is -2.15. The van der Waals surface area contributed by atoms with Crippen molar-refractivity contribution in [2.24, 2.45) is 0 Å². The van der Waals surface area contributed by atoms with Gasteiger partial charge in [0.25, 0.3) is 0 Å². The molecule has 0 bridgehead atoms. The van der Waals surface area contributed by atoms with Crippen molar-refractivity contribution in [3.63, 3.8) is 0 Å². The molecule has 0 amide bonds. The molecular weight excluding hydrogens is 398 g/mol. The lowest BCUT2D eigenvalue weighted by atomic mass is 10.1. The first-order valence-corrected chi connectivity index (χ1v) is 10.2. The highest BCUT2D eigenvalue weighted by Gasteiger charge is 2.18. The molecule has 2 N–H and O–H groups in total. The Hall–Kier alpha value is -4.43. The molecule has 4 rings (SSSR count). The van der Waals surface area contributed by atoms with Crippen molar-refractivity contribution in [1.82, 2.24) is 9.97 Å². The Labute approximate surface area is 186 Å². The van der Waals surface area contributed by atoms with Crippen LogP contribution in [0.2, 0.25) is 0 Å². The minimum Gasteiger partial charge on any atom is -0.480 e. The zero-order valence-corrected chi connectivity index (χ0v) is 17.3. The fourth-order valence-corrected chi connectivity index (χ4v) is 3.21. The van der Waals surface area contributed by atoms with E-state index < -0.39 is 12.0 Å². The van der Waals surface area contributed by atoms with Gasteiger partial charge in [0.15, 0.2) is 0 Å². The summed E-state index contributed by atoms with van der Waals surface area (Å²) >= 11 is 0. The first-order chi connectivity index (χ1) is 15.7. The molecule has 0 radical (unpaired) electrons. The average molecular weight is 419 g/mol. The lowest BCUT2D eigenvalue weighted by Crippen LogP contribution is -2.31. The van der Waals surface area contributed by atoms with Crippen molar-refractivity contribution < 1.29 is 9.90 Å². The minimum absolute atomic E-state index is 0.351. The molecular formula is C27H21N3O2. The molecule has 0 fully saturated rings. The number of hydrogen-bond donors (Lipinski definition) is 2. The topological polar surface area (TPSA) is 75.1 Å². The van der Waals surface area contributed by atoms with E-state index in [1.165, 1.54) is 6.33 Å². The van der Waals surface area contributed by atoms with Gasteiger partial charge in [0.05, 0.1) is 5.69 Å². The number of anilines is 1. The van der Waals surface area contributed by atoms with Crippen LogP contribution in [0.25, 0.3) is 11.3 Å². The van der Waals surface area contributed by atoms with E-state index in [0.29, 0.717) is 17.9 Å². The van der Waals surface area contributed by atoms with Crippen LogP contribution in [-0.4, -0.2) is 27.1 Å². The van der Waals surface area contributed by atoms with Crippen LogP contribution in [0.3, 0.4) is 0 Å². The number of aliphatic carboxylic acids is 1. The van der Waals surface area contributed by atoms with E-state index in [-0.39, 0.29) is 0 Å². The van der Waals surface area contributed by atoms with Gasteiger partial charge in [-0.2, -0.15) is 0 Å². The zero-order chi connectivity index (χ0) is 22.2. The third-order valence-corrected chi connectivity index (χ3v) is 4.88. The van der Waals surface area contributed by atoms with Gasteiger partial charge in [-0.25, -0.2) is 14.8 Å². The molecule has 1 atom stereocenters. The highest BCUT2D eigenvalue weighted by atomic mass is 16.4. The van der Waals surface area contributed by atoms with Crippen molar-refractivity contribution in [2.75, 3.05) is 5.32 Å². The molecule has 0 aliphatic rings. The van der Waals surface area contributed by atoms with Gasteiger partial charge in [0, 0.05) is 29.2 Å². The smallest absolute Gasteiger partial charge is 0.326 e. The number of carbonyl (C=O) groups is 1. The van der Waals surface area contributed by atoms with E-state index in [1.54, 1.807) is 6.07 Å².